The van der Waals surface area contributed by atoms with E-state index in [0.717, 1.165) is 5.56 Å². The lowest BCUT2D eigenvalue weighted by molar-refractivity contribution is -0.119. The first-order chi connectivity index (χ1) is 14.7. The van der Waals surface area contributed by atoms with Gasteiger partial charge >= 0.3 is 0 Å². The predicted octanol–water partition coefficient (Wildman–Crippen LogP) is 3.08. The maximum Gasteiger partial charge on any atom is 0.262 e. The van der Waals surface area contributed by atoms with Gasteiger partial charge in [-0.25, -0.2) is 8.42 Å². The van der Waals surface area contributed by atoms with Crippen molar-refractivity contribution in [3.8, 4) is 5.75 Å². The Balaban J connectivity index is 1.62. The van der Waals surface area contributed by atoms with Crippen LogP contribution in [0, 0.1) is 13.8 Å². The zero-order valence-electron chi connectivity index (χ0n) is 17.1. The van der Waals surface area contributed by atoms with E-state index in [9.17, 15) is 18.0 Å². The minimum Gasteiger partial charge on any atom is -0.482 e. The molecule has 2 aliphatic heterocycles. The van der Waals surface area contributed by atoms with Gasteiger partial charge in [-0.1, -0.05) is 11.6 Å². The number of ether oxygens (including phenoxy) is 1. The van der Waals surface area contributed by atoms with E-state index in [1.165, 1.54) is 10.4 Å². The molecule has 4 rings (SSSR count). The molecule has 0 radical (unpaired) electrons. The Bertz CT molecular complexity index is 1180. The van der Waals surface area contributed by atoms with Crippen LogP contribution in [0.25, 0.3) is 0 Å². The van der Waals surface area contributed by atoms with E-state index < -0.39 is 16.1 Å². The van der Waals surface area contributed by atoms with Crippen LogP contribution in [0.3, 0.4) is 0 Å². The van der Waals surface area contributed by atoms with Crippen LogP contribution in [0.4, 0.5) is 11.4 Å². The highest BCUT2D eigenvalue weighted by Gasteiger charge is 2.40. The van der Waals surface area contributed by atoms with Crippen molar-refractivity contribution >= 4 is 44.8 Å². The molecule has 2 aromatic rings. The molecule has 0 aromatic heterocycles. The molecule has 0 spiro atoms. The first-order valence-electron chi connectivity index (χ1n) is 9.83. The zero-order chi connectivity index (χ0) is 22.3. The van der Waals surface area contributed by atoms with Crippen LogP contribution in [0.15, 0.2) is 35.2 Å². The maximum atomic E-state index is 13.5. The minimum atomic E-state index is -3.96. The van der Waals surface area contributed by atoms with Crippen LogP contribution >= 0.6 is 11.6 Å². The number of rotatable bonds is 4. The van der Waals surface area contributed by atoms with E-state index in [4.69, 9.17) is 16.3 Å². The Hall–Kier alpha value is -2.62. The molecule has 1 fully saturated rings. The number of carbonyl (C=O) groups is 2. The molecule has 8 nitrogen and oxygen atoms in total. The van der Waals surface area contributed by atoms with Gasteiger partial charge in [-0.3, -0.25) is 9.59 Å². The number of hydrogen-bond acceptors (Lipinski definition) is 5. The monoisotopic (exact) mass is 463 g/mol. The van der Waals surface area contributed by atoms with E-state index in [1.54, 1.807) is 31.2 Å². The van der Waals surface area contributed by atoms with Gasteiger partial charge in [0.1, 0.15) is 11.8 Å². The van der Waals surface area contributed by atoms with Gasteiger partial charge in [-0.05, 0) is 62.1 Å². The lowest BCUT2D eigenvalue weighted by Gasteiger charge is -2.26. The standard InChI is InChI=1S/C21H22ClN3O5S/c1-12-8-14(22)5-6-15(12)24-21(27)17-4-3-7-25(17)31(28,29)19-10-18-16(9-13(19)2)23-20(26)11-30-18/h5-6,8-10,17H,3-4,7,11H2,1-2H3,(H,23,26)(H,24,27). The normalized spacial score (nSPS) is 18.8. The molecule has 2 aromatic carbocycles. The molecule has 2 amide bonds. The molecule has 31 heavy (non-hydrogen) atoms. The van der Waals surface area contributed by atoms with E-state index in [0.29, 0.717) is 40.6 Å². The third-order valence-electron chi connectivity index (χ3n) is 5.45. The van der Waals surface area contributed by atoms with Gasteiger partial charge in [0, 0.05) is 23.3 Å². The summed E-state index contributed by atoms with van der Waals surface area (Å²) < 4.78 is 33.6. The minimum absolute atomic E-state index is 0.0600. The van der Waals surface area contributed by atoms with Crippen LogP contribution in [0.1, 0.15) is 24.0 Å². The Morgan fingerprint density at radius 2 is 2.00 bits per heavy atom. The first kappa shape index (κ1) is 21.6. The lowest BCUT2D eigenvalue weighted by atomic mass is 10.1. The summed E-state index contributed by atoms with van der Waals surface area (Å²) in [5.41, 5.74) is 2.27. The van der Waals surface area contributed by atoms with Crippen LogP contribution in [0.5, 0.6) is 5.75 Å². The number of nitrogens with one attached hydrogen (secondary N) is 2. The fourth-order valence-corrected chi connectivity index (χ4v) is 6.00. The summed E-state index contributed by atoms with van der Waals surface area (Å²) in [5.74, 6) is -0.386. The van der Waals surface area contributed by atoms with Gasteiger partial charge in [0.05, 0.1) is 10.6 Å². The Kier molecular flexibility index (Phi) is 5.67. The quantitative estimate of drug-likeness (QED) is 0.725. The van der Waals surface area contributed by atoms with Crippen molar-refractivity contribution in [1.29, 1.82) is 0 Å². The largest absolute Gasteiger partial charge is 0.482 e. The molecule has 2 aliphatic rings. The SMILES string of the molecule is Cc1cc(Cl)ccc1NC(=O)C1CCCN1S(=O)(=O)c1cc2c(cc1C)NC(=O)CO2. The molecular formula is C21H22ClN3O5S. The summed E-state index contributed by atoms with van der Waals surface area (Å²) in [7, 11) is -3.96. The number of carbonyl (C=O) groups excluding carboxylic acids is 2. The second-order valence-corrected chi connectivity index (χ2v) is 9.97. The summed E-state index contributed by atoms with van der Waals surface area (Å²) in [4.78, 5) is 24.6. The van der Waals surface area contributed by atoms with Crippen molar-refractivity contribution in [3.05, 3.63) is 46.5 Å². The third-order valence-corrected chi connectivity index (χ3v) is 7.73. The number of halogens is 1. The highest BCUT2D eigenvalue weighted by Crippen LogP contribution is 2.36. The van der Waals surface area contributed by atoms with Crippen LogP contribution < -0.4 is 15.4 Å². The summed E-state index contributed by atoms with van der Waals surface area (Å²) in [6, 6.07) is 7.26. The lowest BCUT2D eigenvalue weighted by Crippen LogP contribution is -2.43. The number of anilines is 2. The summed E-state index contributed by atoms with van der Waals surface area (Å²) >= 11 is 5.97. The average Bonchev–Trinajstić information content (AvgIpc) is 3.20. The smallest absolute Gasteiger partial charge is 0.262 e. The van der Waals surface area contributed by atoms with Crippen molar-refractivity contribution < 1.29 is 22.7 Å². The molecule has 1 saturated heterocycles. The van der Waals surface area contributed by atoms with Crippen molar-refractivity contribution in [2.75, 3.05) is 23.8 Å². The number of benzene rings is 2. The molecule has 2 heterocycles. The van der Waals surface area contributed by atoms with Crippen LogP contribution in [-0.4, -0.2) is 43.7 Å². The fraction of sp³-hybridized carbons (Fsp3) is 0.333. The van der Waals surface area contributed by atoms with E-state index in [1.807, 2.05) is 6.92 Å². The number of fused-ring (bicyclic) bond motifs is 1. The van der Waals surface area contributed by atoms with Crippen molar-refractivity contribution in [2.24, 2.45) is 0 Å². The topological polar surface area (TPSA) is 105 Å². The van der Waals surface area contributed by atoms with E-state index in [-0.39, 0.29) is 29.9 Å². The van der Waals surface area contributed by atoms with Gasteiger partial charge in [0.2, 0.25) is 15.9 Å². The summed E-state index contributed by atoms with van der Waals surface area (Å²) in [5, 5.41) is 6.05. The van der Waals surface area contributed by atoms with Gasteiger partial charge in [-0.2, -0.15) is 4.31 Å². The van der Waals surface area contributed by atoms with E-state index >= 15 is 0 Å². The molecule has 0 saturated carbocycles. The number of aryl methyl sites for hydroxylation is 2. The highest BCUT2D eigenvalue weighted by atomic mass is 35.5. The molecule has 1 atom stereocenters. The number of nitrogens with zero attached hydrogens (tertiary/aromatic N) is 1. The first-order valence-corrected chi connectivity index (χ1v) is 11.6. The van der Waals surface area contributed by atoms with E-state index in [2.05, 4.69) is 10.6 Å². The number of amides is 2. The molecule has 164 valence electrons. The second kappa shape index (κ2) is 8.14. The molecule has 1 unspecified atom stereocenters. The number of sulfonamides is 1. The fourth-order valence-electron chi connectivity index (χ4n) is 3.89. The van der Waals surface area contributed by atoms with Gasteiger partial charge < -0.3 is 15.4 Å². The van der Waals surface area contributed by atoms with Crippen molar-refractivity contribution in [3.63, 3.8) is 0 Å². The number of hydrogen-bond donors (Lipinski definition) is 2. The van der Waals surface area contributed by atoms with Crippen molar-refractivity contribution in [2.45, 2.75) is 37.6 Å². The zero-order valence-corrected chi connectivity index (χ0v) is 18.6. The highest BCUT2D eigenvalue weighted by molar-refractivity contribution is 7.89. The van der Waals surface area contributed by atoms with Gasteiger partial charge in [0.15, 0.2) is 6.61 Å². The maximum absolute atomic E-state index is 13.5. The van der Waals surface area contributed by atoms with Crippen LogP contribution in [0.2, 0.25) is 5.02 Å². The molecular weight excluding hydrogens is 442 g/mol. The van der Waals surface area contributed by atoms with Crippen LogP contribution in [-0.2, 0) is 19.6 Å². The Morgan fingerprint density at radius 1 is 1.23 bits per heavy atom. The molecule has 10 heteroatoms. The second-order valence-electron chi connectivity index (χ2n) is 7.67. The van der Waals surface area contributed by atoms with Gasteiger partial charge in [0.25, 0.3) is 5.91 Å². The summed E-state index contributed by atoms with van der Waals surface area (Å²) in [6.45, 7) is 3.54. The molecule has 2 N–H and O–H groups in total. The average molecular weight is 464 g/mol. The summed E-state index contributed by atoms with van der Waals surface area (Å²) in [6.07, 6.45) is 1.00. The third kappa shape index (κ3) is 4.13. The molecule has 0 aliphatic carbocycles. The molecule has 0 bridgehead atoms. The van der Waals surface area contributed by atoms with Gasteiger partial charge in [-0.15, -0.1) is 0 Å². The Morgan fingerprint density at radius 3 is 2.74 bits per heavy atom. The predicted molar refractivity (Wildman–Crippen MR) is 117 cm³/mol. The Labute approximate surface area is 185 Å². The van der Waals surface area contributed by atoms with Crippen molar-refractivity contribution in [1.82, 2.24) is 4.31 Å².